The summed E-state index contributed by atoms with van der Waals surface area (Å²) in [5, 5.41) is 9.29. The SMILES string of the molecule is COC(=O)C[C@@H](OC(C)O)c1ccccc1C. The minimum absolute atomic E-state index is 0.0895. The quantitative estimate of drug-likeness (QED) is 0.629. The highest BCUT2D eigenvalue weighted by Crippen LogP contribution is 2.25. The van der Waals surface area contributed by atoms with Gasteiger partial charge in [-0.1, -0.05) is 24.3 Å². The second-order valence-corrected chi connectivity index (χ2v) is 3.86. The predicted octanol–water partition coefficient (Wildman–Crippen LogP) is 1.95. The number of aryl methyl sites for hydroxylation is 1. The molecule has 1 unspecified atom stereocenters. The van der Waals surface area contributed by atoms with Gasteiger partial charge in [0.2, 0.25) is 0 Å². The summed E-state index contributed by atoms with van der Waals surface area (Å²) in [4.78, 5) is 11.3. The summed E-state index contributed by atoms with van der Waals surface area (Å²) in [6.45, 7) is 3.45. The third-order valence-electron chi connectivity index (χ3n) is 2.48. The van der Waals surface area contributed by atoms with Gasteiger partial charge >= 0.3 is 5.97 Å². The first-order valence-corrected chi connectivity index (χ1v) is 5.50. The van der Waals surface area contributed by atoms with Crippen LogP contribution in [0.5, 0.6) is 0 Å². The Balaban J connectivity index is 2.89. The van der Waals surface area contributed by atoms with Gasteiger partial charge in [0.15, 0.2) is 6.29 Å². The average Bonchev–Trinajstić information content (AvgIpc) is 2.28. The number of ether oxygens (including phenoxy) is 2. The molecule has 0 aliphatic heterocycles. The molecule has 17 heavy (non-hydrogen) atoms. The molecule has 4 heteroatoms. The summed E-state index contributed by atoms with van der Waals surface area (Å²) in [7, 11) is 1.33. The highest BCUT2D eigenvalue weighted by molar-refractivity contribution is 5.70. The standard InChI is InChI=1S/C13H18O4/c1-9-6-4-5-7-11(9)12(17-10(2)14)8-13(15)16-3/h4-7,10,12,14H,8H2,1-3H3/t10?,12-/m1/s1. The van der Waals surface area contributed by atoms with Crippen LogP contribution in [0.1, 0.15) is 30.6 Å². The van der Waals surface area contributed by atoms with E-state index in [0.717, 1.165) is 11.1 Å². The topological polar surface area (TPSA) is 55.8 Å². The van der Waals surface area contributed by atoms with E-state index in [1.807, 2.05) is 31.2 Å². The van der Waals surface area contributed by atoms with Gasteiger partial charge in [-0.15, -0.1) is 0 Å². The van der Waals surface area contributed by atoms with Gasteiger partial charge in [0.1, 0.15) is 0 Å². The van der Waals surface area contributed by atoms with Crippen molar-refractivity contribution < 1.29 is 19.4 Å². The van der Waals surface area contributed by atoms with Crippen molar-refractivity contribution in [3.63, 3.8) is 0 Å². The number of carbonyl (C=O) groups excluding carboxylic acids is 1. The van der Waals surface area contributed by atoms with Gasteiger partial charge in [0.25, 0.3) is 0 Å². The van der Waals surface area contributed by atoms with Gasteiger partial charge < -0.3 is 14.6 Å². The van der Waals surface area contributed by atoms with Crippen molar-refractivity contribution in [3.8, 4) is 0 Å². The molecule has 0 spiro atoms. The summed E-state index contributed by atoms with van der Waals surface area (Å²) in [6.07, 6.45) is -1.32. The zero-order valence-corrected chi connectivity index (χ0v) is 10.3. The van der Waals surface area contributed by atoms with Crippen molar-refractivity contribution in [3.05, 3.63) is 35.4 Å². The number of rotatable bonds is 5. The van der Waals surface area contributed by atoms with Crippen LogP contribution in [-0.2, 0) is 14.3 Å². The molecule has 0 aliphatic carbocycles. The molecule has 0 fully saturated rings. The van der Waals surface area contributed by atoms with E-state index in [4.69, 9.17) is 4.74 Å². The molecule has 0 radical (unpaired) electrons. The van der Waals surface area contributed by atoms with Gasteiger partial charge in [-0.05, 0) is 25.0 Å². The van der Waals surface area contributed by atoms with Crippen LogP contribution in [0.25, 0.3) is 0 Å². The Bertz CT molecular complexity index is 373. The van der Waals surface area contributed by atoms with Crippen LogP contribution in [0.3, 0.4) is 0 Å². The molecule has 1 N–H and O–H groups in total. The smallest absolute Gasteiger partial charge is 0.308 e. The molecule has 0 saturated carbocycles. The molecule has 1 aromatic rings. The van der Waals surface area contributed by atoms with Crippen molar-refractivity contribution in [2.24, 2.45) is 0 Å². The van der Waals surface area contributed by atoms with Gasteiger partial charge in [0, 0.05) is 0 Å². The van der Waals surface area contributed by atoms with E-state index in [2.05, 4.69) is 4.74 Å². The molecule has 0 amide bonds. The van der Waals surface area contributed by atoms with Crippen LogP contribution in [0.15, 0.2) is 24.3 Å². The summed E-state index contributed by atoms with van der Waals surface area (Å²) in [5.74, 6) is -0.362. The summed E-state index contributed by atoms with van der Waals surface area (Å²) < 4.78 is 9.97. The third-order valence-corrected chi connectivity index (χ3v) is 2.48. The Kier molecular flexibility index (Phi) is 5.12. The normalized spacial score (nSPS) is 14.1. The Labute approximate surface area is 101 Å². The maximum Gasteiger partial charge on any atom is 0.308 e. The van der Waals surface area contributed by atoms with E-state index in [0.29, 0.717) is 0 Å². The largest absolute Gasteiger partial charge is 0.469 e. The fourth-order valence-electron chi connectivity index (χ4n) is 1.65. The van der Waals surface area contributed by atoms with Crippen LogP contribution in [0.2, 0.25) is 0 Å². The fourth-order valence-corrected chi connectivity index (χ4v) is 1.65. The van der Waals surface area contributed by atoms with Gasteiger partial charge in [0.05, 0.1) is 19.6 Å². The Morgan fingerprint density at radius 3 is 2.59 bits per heavy atom. The molecule has 0 heterocycles. The Morgan fingerprint density at radius 2 is 2.06 bits per heavy atom. The number of aliphatic hydroxyl groups excluding tert-OH is 1. The zero-order chi connectivity index (χ0) is 12.8. The Morgan fingerprint density at radius 1 is 1.41 bits per heavy atom. The van der Waals surface area contributed by atoms with Crippen LogP contribution < -0.4 is 0 Å². The van der Waals surface area contributed by atoms with E-state index in [-0.39, 0.29) is 12.4 Å². The number of methoxy groups -OCH3 is 1. The summed E-state index contributed by atoms with van der Waals surface area (Å²) >= 11 is 0. The van der Waals surface area contributed by atoms with Crippen molar-refractivity contribution in [2.75, 3.05) is 7.11 Å². The second-order valence-electron chi connectivity index (χ2n) is 3.86. The minimum atomic E-state index is -0.927. The molecule has 1 aromatic carbocycles. The van der Waals surface area contributed by atoms with Crippen LogP contribution in [0, 0.1) is 6.92 Å². The lowest BCUT2D eigenvalue weighted by Gasteiger charge is -2.20. The van der Waals surface area contributed by atoms with Crippen LogP contribution in [0.4, 0.5) is 0 Å². The molecule has 0 aliphatic rings. The number of carbonyl (C=O) groups is 1. The van der Waals surface area contributed by atoms with Gasteiger partial charge in [-0.3, -0.25) is 4.79 Å². The fraction of sp³-hybridized carbons (Fsp3) is 0.462. The number of aliphatic hydroxyl groups is 1. The van der Waals surface area contributed by atoms with E-state index >= 15 is 0 Å². The lowest BCUT2D eigenvalue weighted by atomic mass is 10.0. The highest BCUT2D eigenvalue weighted by atomic mass is 16.6. The van der Waals surface area contributed by atoms with E-state index in [1.165, 1.54) is 14.0 Å². The van der Waals surface area contributed by atoms with Crippen LogP contribution >= 0.6 is 0 Å². The Hall–Kier alpha value is -1.39. The number of hydrogen-bond donors (Lipinski definition) is 1. The monoisotopic (exact) mass is 238 g/mol. The van der Waals surface area contributed by atoms with Crippen LogP contribution in [-0.4, -0.2) is 24.5 Å². The summed E-state index contributed by atoms with van der Waals surface area (Å²) in [6, 6.07) is 7.60. The highest BCUT2D eigenvalue weighted by Gasteiger charge is 2.20. The molecule has 2 atom stereocenters. The first-order chi connectivity index (χ1) is 8.04. The molecular formula is C13H18O4. The molecule has 4 nitrogen and oxygen atoms in total. The number of esters is 1. The number of hydrogen-bond acceptors (Lipinski definition) is 4. The third kappa shape index (κ3) is 4.17. The van der Waals surface area contributed by atoms with Crippen molar-refractivity contribution in [1.82, 2.24) is 0 Å². The van der Waals surface area contributed by atoms with Gasteiger partial charge in [-0.2, -0.15) is 0 Å². The average molecular weight is 238 g/mol. The maximum atomic E-state index is 11.3. The lowest BCUT2D eigenvalue weighted by molar-refractivity contribution is -0.155. The van der Waals surface area contributed by atoms with Crippen molar-refractivity contribution >= 4 is 5.97 Å². The molecule has 0 aromatic heterocycles. The van der Waals surface area contributed by atoms with E-state index < -0.39 is 12.4 Å². The van der Waals surface area contributed by atoms with E-state index in [1.54, 1.807) is 0 Å². The lowest BCUT2D eigenvalue weighted by Crippen LogP contribution is -2.17. The number of benzene rings is 1. The minimum Gasteiger partial charge on any atom is -0.469 e. The molecular weight excluding hydrogens is 220 g/mol. The van der Waals surface area contributed by atoms with Crippen molar-refractivity contribution in [1.29, 1.82) is 0 Å². The second kappa shape index (κ2) is 6.37. The predicted molar refractivity (Wildman–Crippen MR) is 63.3 cm³/mol. The maximum absolute atomic E-state index is 11.3. The summed E-state index contributed by atoms with van der Waals surface area (Å²) in [5.41, 5.74) is 1.90. The molecule has 0 bridgehead atoms. The molecule has 0 saturated heterocycles. The van der Waals surface area contributed by atoms with Crippen molar-refractivity contribution in [2.45, 2.75) is 32.7 Å². The zero-order valence-electron chi connectivity index (χ0n) is 10.3. The van der Waals surface area contributed by atoms with Gasteiger partial charge in [-0.25, -0.2) is 0 Å². The molecule has 1 rings (SSSR count). The molecule has 94 valence electrons. The first-order valence-electron chi connectivity index (χ1n) is 5.50. The first kappa shape index (κ1) is 13.7. The van der Waals surface area contributed by atoms with E-state index in [9.17, 15) is 9.90 Å².